The van der Waals surface area contributed by atoms with Crippen molar-refractivity contribution in [3.05, 3.63) is 62.3 Å². The van der Waals surface area contributed by atoms with Crippen LogP contribution in [-0.2, 0) is 14.1 Å². The Morgan fingerprint density at radius 2 is 1.83 bits per heavy atom. The number of anilines is 1. The molecule has 0 N–H and O–H groups in total. The van der Waals surface area contributed by atoms with Gasteiger partial charge in [-0.15, -0.1) is 0 Å². The number of aromatic nitrogens is 2. The van der Waals surface area contributed by atoms with E-state index in [2.05, 4.69) is 0 Å². The standard InChI is InChI=1S/C17H18N4O2/c1-19-15(13(11-18)16(22)20(2)17(19)23)21-10-6-9-14(21)12-7-4-3-5-8-12/h3-5,7-8,14H,6,9-10H2,1-2H3/t14-/m1/s1. The third kappa shape index (κ3) is 2.34. The quantitative estimate of drug-likeness (QED) is 0.838. The Labute approximate surface area is 133 Å². The highest BCUT2D eigenvalue weighted by Gasteiger charge is 2.31. The van der Waals surface area contributed by atoms with Crippen LogP contribution in [0.3, 0.4) is 0 Å². The molecule has 1 atom stereocenters. The van der Waals surface area contributed by atoms with E-state index in [9.17, 15) is 14.9 Å². The van der Waals surface area contributed by atoms with Gasteiger partial charge in [-0.3, -0.25) is 13.9 Å². The third-order valence-electron chi connectivity index (χ3n) is 4.45. The maximum atomic E-state index is 12.3. The average molecular weight is 310 g/mol. The van der Waals surface area contributed by atoms with E-state index in [0.717, 1.165) is 23.0 Å². The van der Waals surface area contributed by atoms with E-state index in [0.29, 0.717) is 12.4 Å². The van der Waals surface area contributed by atoms with Crippen molar-refractivity contribution in [1.82, 2.24) is 9.13 Å². The molecule has 1 fully saturated rings. The molecule has 1 aliphatic rings. The van der Waals surface area contributed by atoms with E-state index in [1.165, 1.54) is 11.6 Å². The van der Waals surface area contributed by atoms with Gasteiger partial charge in [-0.2, -0.15) is 5.26 Å². The van der Waals surface area contributed by atoms with Crippen molar-refractivity contribution in [2.24, 2.45) is 14.1 Å². The Hall–Kier alpha value is -2.81. The lowest BCUT2D eigenvalue weighted by Gasteiger charge is -2.29. The molecule has 0 amide bonds. The zero-order valence-corrected chi connectivity index (χ0v) is 13.2. The van der Waals surface area contributed by atoms with Gasteiger partial charge in [-0.05, 0) is 18.4 Å². The van der Waals surface area contributed by atoms with Gasteiger partial charge in [0.25, 0.3) is 5.56 Å². The molecule has 6 heteroatoms. The largest absolute Gasteiger partial charge is 0.350 e. The summed E-state index contributed by atoms with van der Waals surface area (Å²) in [6.07, 6.45) is 1.88. The number of benzene rings is 1. The third-order valence-corrected chi connectivity index (χ3v) is 4.45. The highest BCUT2D eigenvalue weighted by atomic mass is 16.2. The summed E-state index contributed by atoms with van der Waals surface area (Å²) in [5.74, 6) is 0.423. The van der Waals surface area contributed by atoms with Crippen LogP contribution < -0.4 is 16.1 Å². The number of rotatable bonds is 2. The Bertz CT molecular complexity index is 890. The van der Waals surface area contributed by atoms with Crippen LogP contribution in [0.1, 0.15) is 30.0 Å². The summed E-state index contributed by atoms with van der Waals surface area (Å²) in [5, 5.41) is 9.45. The second kappa shape index (κ2) is 5.76. The van der Waals surface area contributed by atoms with Crippen molar-refractivity contribution in [2.45, 2.75) is 18.9 Å². The van der Waals surface area contributed by atoms with E-state index in [1.807, 2.05) is 41.3 Å². The molecule has 23 heavy (non-hydrogen) atoms. The minimum absolute atomic E-state index is 0.0254. The molecule has 1 saturated heterocycles. The lowest BCUT2D eigenvalue weighted by molar-refractivity contribution is 0.638. The maximum Gasteiger partial charge on any atom is 0.332 e. The average Bonchev–Trinajstić information content (AvgIpc) is 3.06. The normalized spacial score (nSPS) is 17.3. The van der Waals surface area contributed by atoms with E-state index in [1.54, 1.807) is 7.05 Å². The molecule has 0 unspecified atom stereocenters. The predicted molar refractivity (Wildman–Crippen MR) is 87.4 cm³/mol. The Balaban J connectivity index is 2.21. The lowest BCUT2D eigenvalue weighted by Crippen LogP contribution is -2.42. The summed E-state index contributed by atoms with van der Waals surface area (Å²) in [6, 6.07) is 12.0. The number of nitriles is 1. The first-order valence-electron chi connectivity index (χ1n) is 7.58. The zero-order chi connectivity index (χ0) is 16.6. The summed E-state index contributed by atoms with van der Waals surface area (Å²) in [6.45, 7) is 0.717. The number of nitrogens with zero attached hydrogens (tertiary/aromatic N) is 4. The van der Waals surface area contributed by atoms with Crippen LogP contribution in [0.4, 0.5) is 5.82 Å². The summed E-state index contributed by atoms with van der Waals surface area (Å²) in [5.41, 5.74) is 0.200. The molecule has 2 heterocycles. The van der Waals surface area contributed by atoms with Crippen molar-refractivity contribution in [3.63, 3.8) is 0 Å². The van der Waals surface area contributed by atoms with Crippen molar-refractivity contribution >= 4 is 5.82 Å². The molecule has 1 aliphatic heterocycles. The van der Waals surface area contributed by atoms with Crippen LogP contribution >= 0.6 is 0 Å². The van der Waals surface area contributed by atoms with Gasteiger partial charge in [0.15, 0.2) is 5.56 Å². The molecular weight excluding hydrogens is 292 g/mol. The molecule has 0 bridgehead atoms. The Kier molecular flexibility index (Phi) is 3.78. The fourth-order valence-corrected chi connectivity index (χ4v) is 3.31. The van der Waals surface area contributed by atoms with Gasteiger partial charge in [0.1, 0.15) is 11.9 Å². The molecule has 0 spiro atoms. The second-order valence-corrected chi connectivity index (χ2v) is 5.78. The zero-order valence-electron chi connectivity index (χ0n) is 13.2. The van der Waals surface area contributed by atoms with Crippen molar-refractivity contribution in [3.8, 4) is 6.07 Å². The lowest BCUT2D eigenvalue weighted by atomic mass is 10.0. The van der Waals surface area contributed by atoms with Crippen LogP contribution in [-0.4, -0.2) is 15.7 Å². The maximum absolute atomic E-state index is 12.3. The molecule has 1 aromatic carbocycles. The molecule has 6 nitrogen and oxygen atoms in total. The number of hydrogen-bond acceptors (Lipinski definition) is 4. The molecule has 0 radical (unpaired) electrons. The van der Waals surface area contributed by atoms with Gasteiger partial charge in [-0.25, -0.2) is 4.79 Å². The summed E-state index contributed by atoms with van der Waals surface area (Å²) < 4.78 is 2.39. The highest BCUT2D eigenvalue weighted by molar-refractivity contribution is 5.56. The van der Waals surface area contributed by atoms with Gasteiger partial charge in [-0.1, -0.05) is 30.3 Å². The molecule has 0 saturated carbocycles. The minimum Gasteiger partial charge on any atom is -0.350 e. The molecule has 3 rings (SSSR count). The van der Waals surface area contributed by atoms with Crippen LogP contribution in [0.25, 0.3) is 0 Å². The smallest absolute Gasteiger partial charge is 0.332 e. The molecule has 0 aliphatic carbocycles. The highest BCUT2D eigenvalue weighted by Crippen LogP contribution is 2.36. The molecular formula is C17H18N4O2. The fraction of sp³-hybridized carbons (Fsp3) is 0.353. The van der Waals surface area contributed by atoms with E-state index < -0.39 is 11.2 Å². The van der Waals surface area contributed by atoms with E-state index in [-0.39, 0.29) is 11.6 Å². The van der Waals surface area contributed by atoms with Crippen LogP contribution in [0, 0.1) is 11.3 Å². The van der Waals surface area contributed by atoms with Crippen molar-refractivity contribution in [1.29, 1.82) is 5.26 Å². The van der Waals surface area contributed by atoms with Gasteiger partial charge < -0.3 is 4.90 Å². The first-order valence-corrected chi connectivity index (χ1v) is 7.58. The Morgan fingerprint density at radius 3 is 2.48 bits per heavy atom. The summed E-state index contributed by atoms with van der Waals surface area (Å²) >= 11 is 0. The fourth-order valence-electron chi connectivity index (χ4n) is 3.31. The topological polar surface area (TPSA) is 71.0 Å². The van der Waals surface area contributed by atoms with Crippen molar-refractivity contribution < 1.29 is 0 Å². The molecule has 118 valence electrons. The van der Waals surface area contributed by atoms with E-state index >= 15 is 0 Å². The minimum atomic E-state index is -0.538. The molecule has 1 aromatic heterocycles. The first kappa shape index (κ1) is 15.1. The van der Waals surface area contributed by atoms with Crippen LogP contribution in [0.5, 0.6) is 0 Å². The summed E-state index contributed by atoms with van der Waals surface area (Å²) in [7, 11) is 3.01. The summed E-state index contributed by atoms with van der Waals surface area (Å²) in [4.78, 5) is 26.6. The first-order chi connectivity index (χ1) is 11.1. The predicted octanol–water partition coefficient (Wildman–Crippen LogP) is 1.30. The number of hydrogen-bond donors (Lipinski definition) is 0. The Morgan fingerprint density at radius 1 is 1.13 bits per heavy atom. The molecule has 2 aromatic rings. The SMILES string of the molecule is Cn1c(N2CCC[C@@H]2c2ccccc2)c(C#N)c(=O)n(C)c1=O. The monoisotopic (exact) mass is 310 g/mol. The van der Waals surface area contributed by atoms with Crippen molar-refractivity contribution in [2.75, 3.05) is 11.4 Å². The van der Waals surface area contributed by atoms with Crippen LogP contribution in [0.15, 0.2) is 39.9 Å². The van der Waals surface area contributed by atoms with Gasteiger partial charge in [0.05, 0.1) is 6.04 Å². The van der Waals surface area contributed by atoms with Gasteiger partial charge >= 0.3 is 5.69 Å². The second-order valence-electron chi connectivity index (χ2n) is 5.78. The van der Waals surface area contributed by atoms with E-state index in [4.69, 9.17) is 0 Å². The van der Waals surface area contributed by atoms with Crippen LogP contribution in [0.2, 0.25) is 0 Å². The van der Waals surface area contributed by atoms with Gasteiger partial charge in [0, 0.05) is 20.6 Å². The van der Waals surface area contributed by atoms with Gasteiger partial charge in [0.2, 0.25) is 0 Å².